The molecule has 7 heteroatoms. The lowest BCUT2D eigenvalue weighted by Crippen LogP contribution is -2.14. The van der Waals surface area contributed by atoms with Gasteiger partial charge in [-0.3, -0.25) is 4.79 Å². The van der Waals surface area contributed by atoms with Crippen LogP contribution in [0.3, 0.4) is 0 Å². The van der Waals surface area contributed by atoms with Crippen molar-refractivity contribution in [2.75, 3.05) is 30.9 Å². The number of nitrogen functional groups attached to an aromatic ring is 1. The third-order valence-electron chi connectivity index (χ3n) is 3.43. The van der Waals surface area contributed by atoms with Crippen LogP contribution in [0, 0.1) is 0 Å². The van der Waals surface area contributed by atoms with Crippen LogP contribution in [0.2, 0.25) is 5.02 Å². The van der Waals surface area contributed by atoms with Gasteiger partial charge in [0, 0.05) is 10.6 Å². The highest BCUT2D eigenvalue weighted by atomic mass is 35.5. The largest absolute Gasteiger partial charge is 0.490 e. The van der Waals surface area contributed by atoms with Gasteiger partial charge in [0.2, 0.25) is 5.75 Å². The average molecular weight is 379 g/mol. The van der Waals surface area contributed by atoms with Gasteiger partial charge in [-0.2, -0.15) is 0 Å². The van der Waals surface area contributed by atoms with Gasteiger partial charge in [0.05, 0.1) is 31.2 Å². The van der Waals surface area contributed by atoms with E-state index < -0.39 is 0 Å². The van der Waals surface area contributed by atoms with E-state index >= 15 is 0 Å². The molecule has 0 saturated heterocycles. The third kappa shape index (κ3) is 4.73. The molecule has 0 aliphatic heterocycles. The summed E-state index contributed by atoms with van der Waals surface area (Å²) in [5.41, 5.74) is 7.11. The normalized spacial score (nSPS) is 10.3. The number of carbonyl (C=O) groups excluding carboxylic acids is 1. The maximum absolute atomic E-state index is 12.7. The Morgan fingerprint density at radius 1 is 1.00 bits per heavy atom. The summed E-state index contributed by atoms with van der Waals surface area (Å²) in [6.45, 7) is 6.89. The molecule has 26 heavy (non-hydrogen) atoms. The fourth-order valence-corrected chi connectivity index (χ4v) is 2.52. The second-order valence-corrected chi connectivity index (χ2v) is 5.72. The van der Waals surface area contributed by atoms with Gasteiger partial charge in [0.25, 0.3) is 5.91 Å². The van der Waals surface area contributed by atoms with E-state index in [-0.39, 0.29) is 5.91 Å². The number of amides is 1. The molecule has 0 heterocycles. The number of nitrogens with one attached hydrogen (secondary N) is 1. The van der Waals surface area contributed by atoms with Crippen LogP contribution in [-0.4, -0.2) is 25.7 Å². The minimum Gasteiger partial charge on any atom is -0.490 e. The number of anilines is 2. The van der Waals surface area contributed by atoms with E-state index in [9.17, 15) is 4.79 Å². The molecule has 0 fully saturated rings. The molecule has 0 bridgehead atoms. The molecule has 0 aromatic heterocycles. The summed E-state index contributed by atoms with van der Waals surface area (Å²) in [5.74, 6) is 1.02. The first kappa shape index (κ1) is 19.7. The van der Waals surface area contributed by atoms with Gasteiger partial charge in [-0.15, -0.1) is 0 Å². The summed E-state index contributed by atoms with van der Waals surface area (Å²) in [6.07, 6.45) is 0. The van der Waals surface area contributed by atoms with Crippen molar-refractivity contribution in [3.8, 4) is 17.2 Å². The molecule has 1 amide bonds. The SMILES string of the molecule is CCOc1cc(C(=O)Nc2cc(Cl)ccc2N)cc(OCC)c1OCC. The molecular formula is C19H23ClN2O4. The molecule has 0 aliphatic rings. The monoisotopic (exact) mass is 378 g/mol. The molecule has 0 atom stereocenters. The van der Waals surface area contributed by atoms with Gasteiger partial charge in [-0.25, -0.2) is 0 Å². The number of rotatable bonds is 8. The summed E-state index contributed by atoms with van der Waals surface area (Å²) >= 11 is 5.97. The van der Waals surface area contributed by atoms with E-state index in [0.29, 0.717) is 59.0 Å². The quantitative estimate of drug-likeness (QED) is 0.666. The molecule has 0 spiro atoms. The van der Waals surface area contributed by atoms with E-state index in [4.69, 9.17) is 31.5 Å². The summed E-state index contributed by atoms with van der Waals surface area (Å²) in [4.78, 5) is 12.7. The van der Waals surface area contributed by atoms with Crippen LogP contribution < -0.4 is 25.3 Å². The Morgan fingerprint density at radius 3 is 2.12 bits per heavy atom. The second-order valence-electron chi connectivity index (χ2n) is 5.29. The number of hydrogen-bond acceptors (Lipinski definition) is 5. The van der Waals surface area contributed by atoms with E-state index in [1.165, 1.54) is 0 Å². The first-order valence-corrected chi connectivity index (χ1v) is 8.80. The van der Waals surface area contributed by atoms with Gasteiger partial charge in [0.1, 0.15) is 0 Å². The van der Waals surface area contributed by atoms with Crippen LogP contribution in [0.4, 0.5) is 11.4 Å². The van der Waals surface area contributed by atoms with E-state index in [1.54, 1.807) is 30.3 Å². The van der Waals surface area contributed by atoms with Crippen LogP contribution in [-0.2, 0) is 0 Å². The van der Waals surface area contributed by atoms with Crippen molar-refractivity contribution in [2.24, 2.45) is 0 Å². The van der Waals surface area contributed by atoms with Crippen molar-refractivity contribution in [1.29, 1.82) is 0 Å². The standard InChI is InChI=1S/C19H23ClN2O4/c1-4-24-16-9-12(10-17(25-5-2)18(16)26-6-3)19(23)22-15-11-13(20)7-8-14(15)21/h7-11H,4-6,21H2,1-3H3,(H,22,23). The number of halogens is 1. The van der Waals surface area contributed by atoms with Gasteiger partial charge in [-0.1, -0.05) is 11.6 Å². The molecule has 0 unspecified atom stereocenters. The molecule has 0 aliphatic carbocycles. The summed E-state index contributed by atoms with van der Waals surface area (Å²) in [5, 5.41) is 3.24. The Morgan fingerprint density at radius 2 is 1.58 bits per heavy atom. The number of benzene rings is 2. The number of nitrogens with two attached hydrogens (primary N) is 1. The zero-order chi connectivity index (χ0) is 19.1. The van der Waals surface area contributed by atoms with Gasteiger partial charge >= 0.3 is 0 Å². The first-order valence-electron chi connectivity index (χ1n) is 8.42. The van der Waals surface area contributed by atoms with Crippen LogP contribution in [0.25, 0.3) is 0 Å². The van der Waals surface area contributed by atoms with Crippen molar-refractivity contribution >= 4 is 28.9 Å². The van der Waals surface area contributed by atoms with Crippen molar-refractivity contribution in [1.82, 2.24) is 0 Å². The zero-order valence-corrected chi connectivity index (χ0v) is 15.9. The fraction of sp³-hybridized carbons (Fsp3) is 0.316. The Balaban J connectivity index is 2.40. The summed E-state index contributed by atoms with van der Waals surface area (Å²) < 4.78 is 16.9. The lowest BCUT2D eigenvalue weighted by molar-refractivity contribution is 0.102. The predicted molar refractivity (Wildman–Crippen MR) is 104 cm³/mol. The smallest absolute Gasteiger partial charge is 0.255 e. The molecule has 0 radical (unpaired) electrons. The molecule has 140 valence electrons. The van der Waals surface area contributed by atoms with Crippen molar-refractivity contribution in [3.05, 3.63) is 40.9 Å². The van der Waals surface area contributed by atoms with Crippen LogP contribution in [0.15, 0.2) is 30.3 Å². The molecule has 2 aromatic rings. The summed E-state index contributed by atoms with van der Waals surface area (Å²) in [7, 11) is 0. The first-order chi connectivity index (χ1) is 12.5. The number of hydrogen-bond donors (Lipinski definition) is 2. The second kappa shape index (κ2) is 9.20. The van der Waals surface area contributed by atoms with E-state index in [1.807, 2.05) is 20.8 Å². The molecule has 0 saturated carbocycles. The maximum Gasteiger partial charge on any atom is 0.255 e. The van der Waals surface area contributed by atoms with Gasteiger partial charge in [0.15, 0.2) is 11.5 Å². The predicted octanol–water partition coefficient (Wildman–Crippen LogP) is 4.37. The Bertz CT molecular complexity index is 753. The average Bonchev–Trinajstić information content (AvgIpc) is 2.61. The minimum atomic E-state index is -0.357. The lowest BCUT2D eigenvalue weighted by atomic mass is 10.1. The van der Waals surface area contributed by atoms with Gasteiger partial charge < -0.3 is 25.3 Å². The fourth-order valence-electron chi connectivity index (χ4n) is 2.35. The van der Waals surface area contributed by atoms with Crippen LogP contribution in [0.1, 0.15) is 31.1 Å². The molecule has 2 aromatic carbocycles. The summed E-state index contributed by atoms with van der Waals surface area (Å²) in [6, 6.07) is 8.12. The van der Waals surface area contributed by atoms with Crippen molar-refractivity contribution in [2.45, 2.75) is 20.8 Å². The van der Waals surface area contributed by atoms with E-state index in [0.717, 1.165) is 0 Å². The molecular weight excluding hydrogens is 356 g/mol. The zero-order valence-electron chi connectivity index (χ0n) is 15.1. The Kier molecular flexibility index (Phi) is 6.97. The van der Waals surface area contributed by atoms with Gasteiger partial charge in [-0.05, 0) is 51.1 Å². The number of ether oxygens (including phenoxy) is 3. The molecule has 3 N–H and O–H groups in total. The Labute approximate surface area is 158 Å². The highest BCUT2D eigenvalue weighted by Gasteiger charge is 2.19. The minimum absolute atomic E-state index is 0.357. The highest BCUT2D eigenvalue weighted by Crippen LogP contribution is 2.39. The topological polar surface area (TPSA) is 82.8 Å². The Hall–Kier alpha value is -2.60. The van der Waals surface area contributed by atoms with Crippen LogP contribution >= 0.6 is 11.6 Å². The molecule has 2 rings (SSSR count). The lowest BCUT2D eigenvalue weighted by Gasteiger charge is -2.17. The van der Waals surface area contributed by atoms with Crippen molar-refractivity contribution in [3.63, 3.8) is 0 Å². The highest BCUT2D eigenvalue weighted by molar-refractivity contribution is 6.31. The van der Waals surface area contributed by atoms with E-state index in [2.05, 4.69) is 5.32 Å². The maximum atomic E-state index is 12.7. The molecule has 6 nitrogen and oxygen atoms in total. The third-order valence-corrected chi connectivity index (χ3v) is 3.67. The van der Waals surface area contributed by atoms with Crippen LogP contribution in [0.5, 0.6) is 17.2 Å². The number of carbonyl (C=O) groups is 1. The van der Waals surface area contributed by atoms with Crippen molar-refractivity contribution < 1.29 is 19.0 Å².